The van der Waals surface area contributed by atoms with Crippen LogP contribution >= 0.6 is 0 Å². The van der Waals surface area contributed by atoms with Crippen LogP contribution in [0.1, 0.15) is 18.9 Å². The summed E-state index contributed by atoms with van der Waals surface area (Å²) in [5.41, 5.74) is 2.37. The molecular weight excluding hydrogens is 318 g/mol. The van der Waals surface area contributed by atoms with Crippen LogP contribution in [0.15, 0.2) is 36.9 Å². The maximum atomic E-state index is 11.8. The molecule has 0 spiro atoms. The van der Waals surface area contributed by atoms with E-state index in [-0.39, 0.29) is 5.91 Å². The Labute approximate surface area is 144 Å². The third kappa shape index (κ3) is 2.41. The number of amides is 1. The maximum Gasteiger partial charge on any atom is 0.227 e. The Bertz CT molecular complexity index is 947. The molecule has 2 aliphatic rings. The van der Waals surface area contributed by atoms with Gasteiger partial charge < -0.3 is 9.80 Å². The first-order valence-corrected chi connectivity index (χ1v) is 8.45. The normalized spacial score (nSPS) is 18.2. The highest BCUT2D eigenvalue weighted by Crippen LogP contribution is 2.29. The molecule has 0 atom stereocenters. The van der Waals surface area contributed by atoms with Crippen LogP contribution in [0.2, 0.25) is 0 Å². The average molecular weight is 335 g/mol. The average Bonchev–Trinajstić information content (AvgIpc) is 3.22. The van der Waals surface area contributed by atoms with Gasteiger partial charge in [0.25, 0.3) is 0 Å². The fourth-order valence-electron chi connectivity index (χ4n) is 3.42. The zero-order chi connectivity index (χ0) is 16.8. The summed E-state index contributed by atoms with van der Waals surface area (Å²) in [5.74, 6) is 1.10. The Morgan fingerprint density at radius 2 is 2.00 bits per heavy atom. The second-order valence-corrected chi connectivity index (χ2v) is 6.45. The minimum atomic E-state index is 0.191. The molecule has 0 radical (unpaired) electrons. The molecule has 0 aromatic carbocycles. The summed E-state index contributed by atoms with van der Waals surface area (Å²) in [4.78, 5) is 28.9. The zero-order valence-electron chi connectivity index (χ0n) is 13.6. The van der Waals surface area contributed by atoms with Crippen LogP contribution in [0.4, 0.5) is 11.5 Å². The predicted octanol–water partition coefficient (Wildman–Crippen LogP) is 1.41. The molecule has 25 heavy (non-hydrogen) atoms. The Kier molecular flexibility index (Phi) is 3.16. The molecule has 126 valence electrons. The van der Waals surface area contributed by atoms with Gasteiger partial charge in [-0.2, -0.15) is 5.10 Å². The molecule has 5 rings (SSSR count). The van der Waals surface area contributed by atoms with E-state index in [1.54, 1.807) is 18.6 Å². The maximum absolute atomic E-state index is 11.8. The topological polar surface area (TPSA) is 80.0 Å². The van der Waals surface area contributed by atoms with Crippen LogP contribution in [0.5, 0.6) is 0 Å². The summed E-state index contributed by atoms with van der Waals surface area (Å²) in [5, 5.41) is 4.45. The highest BCUT2D eigenvalue weighted by atomic mass is 16.2. The first kappa shape index (κ1) is 14.3. The van der Waals surface area contributed by atoms with Crippen LogP contribution < -0.4 is 9.80 Å². The van der Waals surface area contributed by atoms with Crippen molar-refractivity contribution in [2.45, 2.75) is 18.9 Å². The Morgan fingerprint density at radius 1 is 1.12 bits per heavy atom. The lowest BCUT2D eigenvalue weighted by Crippen LogP contribution is -2.48. The molecular formula is C17H17N7O. The molecule has 0 saturated carbocycles. The first-order chi connectivity index (χ1) is 12.3. The van der Waals surface area contributed by atoms with Gasteiger partial charge in [-0.15, -0.1) is 0 Å². The standard InChI is InChI=1S/C17H17N7O/c25-16-2-1-7-23(16)12-8-20-24(11-12)13-9-22(10-13)15-4-3-14-17(21-15)19-6-5-18-14/h3-6,8,11,13H,1-2,7,9-10H2. The second-order valence-electron chi connectivity index (χ2n) is 6.45. The van der Waals surface area contributed by atoms with Crippen molar-refractivity contribution in [1.29, 1.82) is 0 Å². The largest absolute Gasteiger partial charge is 0.352 e. The van der Waals surface area contributed by atoms with Gasteiger partial charge in [-0.3, -0.25) is 14.5 Å². The van der Waals surface area contributed by atoms with Crippen molar-refractivity contribution in [1.82, 2.24) is 24.7 Å². The summed E-state index contributed by atoms with van der Waals surface area (Å²) >= 11 is 0. The number of aromatic nitrogens is 5. The van der Waals surface area contributed by atoms with E-state index in [0.717, 1.165) is 43.1 Å². The van der Waals surface area contributed by atoms with Gasteiger partial charge >= 0.3 is 0 Å². The minimum absolute atomic E-state index is 0.191. The quantitative estimate of drug-likeness (QED) is 0.720. The van der Waals surface area contributed by atoms with Crippen molar-refractivity contribution in [3.63, 3.8) is 0 Å². The van der Waals surface area contributed by atoms with Crippen molar-refractivity contribution in [3.05, 3.63) is 36.9 Å². The van der Waals surface area contributed by atoms with E-state index in [9.17, 15) is 4.79 Å². The Hall–Kier alpha value is -3.03. The lowest BCUT2D eigenvalue weighted by molar-refractivity contribution is -0.117. The van der Waals surface area contributed by atoms with E-state index in [1.165, 1.54) is 0 Å². The molecule has 0 bridgehead atoms. The van der Waals surface area contributed by atoms with E-state index in [1.807, 2.05) is 27.9 Å². The third-order valence-corrected chi connectivity index (χ3v) is 4.85. The highest BCUT2D eigenvalue weighted by molar-refractivity contribution is 5.95. The lowest BCUT2D eigenvalue weighted by atomic mass is 10.1. The molecule has 0 aliphatic carbocycles. The third-order valence-electron chi connectivity index (χ3n) is 4.85. The number of anilines is 2. The van der Waals surface area contributed by atoms with Crippen molar-refractivity contribution in [3.8, 4) is 0 Å². The van der Waals surface area contributed by atoms with Gasteiger partial charge in [0.1, 0.15) is 11.3 Å². The van der Waals surface area contributed by atoms with Crippen molar-refractivity contribution >= 4 is 28.6 Å². The van der Waals surface area contributed by atoms with Gasteiger partial charge in [-0.25, -0.2) is 9.97 Å². The van der Waals surface area contributed by atoms with E-state index in [4.69, 9.17) is 0 Å². The number of fused-ring (bicyclic) bond motifs is 1. The van der Waals surface area contributed by atoms with Gasteiger partial charge in [0.15, 0.2) is 5.65 Å². The van der Waals surface area contributed by atoms with Gasteiger partial charge in [-0.05, 0) is 18.6 Å². The number of carbonyl (C=O) groups is 1. The number of rotatable bonds is 3. The number of hydrogen-bond donors (Lipinski definition) is 0. The van der Waals surface area contributed by atoms with Crippen molar-refractivity contribution < 1.29 is 4.79 Å². The molecule has 2 fully saturated rings. The molecule has 2 aliphatic heterocycles. The summed E-state index contributed by atoms with van der Waals surface area (Å²) in [6, 6.07) is 4.22. The van der Waals surface area contributed by atoms with Crippen LogP contribution in [0, 0.1) is 0 Å². The molecule has 8 nitrogen and oxygen atoms in total. The number of hydrogen-bond acceptors (Lipinski definition) is 6. The fourth-order valence-corrected chi connectivity index (χ4v) is 3.42. The minimum Gasteiger partial charge on any atom is -0.352 e. The SMILES string of the molecule is O=C1CCCN1c1cnn(C2CN(c3ccc4nccnc4n3)C2)c1. The van der Waals surface area contributed by atoms with E-state index in [0.29, 0.717) is 18.1 Å². The molecule has 3 aromatic rings. The van der Waals surface area contributed by atoms with Gasteiger partial charge in [-0.1, -0.05) is 0 Å². The summed E-state index contributed by atoms with van der Waals surface area (Å²) in [7, 11) is 0. The number of pyridine rings is 1. The zero-order valence-corrected chi connectivity index (χ0v) is 13.6. The number of nitrogens with zero attached hydrogens (tertiary/aromatic N) is 7. The summed E-state index contributed by atoms with van der Waals surface area (Å²) < 4.78 is 1.96. The molecule has 0 unspecified atom stereocenters. The van der Waals surface area contributed by atoms with E-state index >= 15 is 0 Å². The molecule has 3 aromatic heterocycles. The fraction of sp³-hybridized carbons (Fsp3) is 0.353. The molecule has 0 N–H and O–H groups in total. The predicted molar refractivity (Wildman–Crippen MR) is 92.4 cm³/mol. The first-order valence-electron chi connectivity index (χ1n) is 8.45. The monoisotopic (exact) mass is 335 g/mol. The lowest BCUT2D eigenvalue weighted by Gasteiger charge is -2.40. The smallest absolute Gasteiger partial charge is 0.227 e. The highest BCUT2D eigenvalue weighted by Gasteiger charge is 2.31. The van der Waals surface area contributed by atoms with Gasteiger partial charge in [0.05, 0.1) is 17.9 Å². The van der Waals surface area contributed by atoms with Crippen LogP contribution in [-0.2, 0) is 4.79 Å². The van der Waals surface area contributed by atoms with Gasteiger partial charge in [0, 0.05) is 44.6 Å². The molecule has 8 heteroatoms. The Balaban J connectivity index is 1.29. The van der Waals surface area contributed by atoms with Crippen molar-refractivity contribution in [2.75, 3.05) is 29.4 Å². The molecule has 2 saturated heterocycles. The summed E-state index contributed by atoms with van der Waals surface area (Å²) in [6.07, 6.45) is 8.66. The van der Waals surface area contributed by atoms with Crippen LogP contribution in [0.3, 0.4) is 0 Å². The second kappa shape index (κ2) is 5.51. The van der Waals surface area contributed by atoms with Crippen molar-refractivity contribution in [2.24, 2.45) is 0 Å². The van der Waals surface area contributed by atoms with E-state index in [2.05, 4.69) is 25.0 Å². The van der Waals surface area contributed by atoms with E-state index < -0.39 is 0 Å². The van der Waals surface area contributed by atoms with Crippen LogP contribution in [-0.4, -0.2) is 50.3 Å². The molecule has 1 amide bonds. The van der Waals surface area contributed by atoms with Gasteiger partial charge in [0.2, 0.25) is 5.91 Å². The van der Waals surface area contributed by atoms with Crippen LogP contribution in [0.25, 0.3) is 11.2 Å². The Morgan fingerprint density at radius 3 is 2.84 bits per heavy atom. The number of carbonyl (C=O) groups excluding carboxylic acids is 1. The molecule has 5 heterocycles. The summed E-state index contributed by atoms with van der Waals surface area (Å²) in [6.45, 7) is 2.48.